The number of piperidine rings is 1. The Kier molecular flexibility index (Phi) is 5.48. The molecule has 148 valence electrons. The van der Waals surface area contributed by atoms with Gasteiger partial charge in [-0.2, -0.15) is 0 Å². The van der Waals surface area contributed by atoms with Crippen molar-refractivity contribution in [1.82, 2.24) is 9.62 Å². The van der Waals surface area contributed by atoms with Crippen LogP contribution in [0.3, 0.4) is 0 Å². The second kappa shape index (κ2) is 8.03. The van der Waals surface area contributed by atoms with Crippen LogP contribution in [-0.2, 0) is 27.8 Å². The molecule has 0 unspecified atom stereocenters. The van der Waals surface area contributed by atoms with Crippen LogP contribution < -0.4 is 10.0 Å². The van der Waals surface area contributed by atoms with Gasteiger partial charge in [-0.05, 0) is 48.6 Å². The molecule has 1 saturated heterocycles. The van der Waals surface area contributed by atoms with E-state index in [0.29, 0.717) is 18.5 Å². The molecule has 28 heavy (non-hydrogen) atoms. The first-order valence-corrected chi connectivity index (χ1v) is 11.2. The number of rotatable bonds is 5. The molecule has 1 fully saturated rings. The molecule has 0 aliphatic carbocycles. The first kappa shape index (κ1) is 19.1. The van der Waals surface area contributed by atoms with E-state index in [0.717, 1.165) is 38.0 Å². The minimum absolute atomic E-state index is 0.0245. The third-order valence-electron chi connectivity index (χ3n) is 5.44. The second-order valence-corrected chi connectivity index (χ2v) is 9.24. The third kappa shape index (κ3) is 4.43. The van der Waals surface area contributed by atoms with Crippen LogP contribution in [0.4, 0.5) is 5.69 Å². The van der Waals surface area contributed by atoms with E-state index in [4.69, 9.17) is 0 Å². The van der Waals surface area contributed by atoms with Gasteiger partial charge in [-0.15, -0.1) is 0 Å². The fourth-order valence-corrected chi connectivity index (χ4v) is 5.22. The van der Waals surface area contributed by atoms with E-state index in [9.17, 15) is 13.2 Å². The van der Waals surface area contributed by atoms with Gasteiger partial charge < -0.3 is 5.32 Å². The average Bonchev–Trinajstić information content (AvgIpc) is 2.69. The van der Waals surface area contributed by atoms with Crippen molar-refractivity contribution in [2.75, 3.05) is 18.4 Å². The van der Waals surface area contributed by atoms with E-state index in [2.05, 4.69) is 27.1 Å². The van der Waals surface area contributed by atoms with Gasteiger partial charge in [0.05, 0.1) is 4.90 Å². The molecule has 6 nitrogen and oxygen atoms in total. The smallest absolute Gasteiger partial charge is 0.240 e. The first-order valence-electron chi connectivity index (χ1n) is 9.71. The number of nitrogens with zero attached hydrogens (tertiary/aromatic N) is 1. The van der Waals surface area contributed by atoms with Crippen LogP contribution in [0, 0.1) is 0 Å². The number of amides is 1. The van der Waals surface area contributed by atoms with E-state index in [1.54, 1.807) is 18.2 Å². The number of sulfonamides is 1. The summed E-state index contributed by atoms with van der Waals surface area (Å²) in [5.41, 5.74) is 2.87. The minimum Gasteiger partial charge on any atom is -0.326 e. The van der Waals surface area contributed by atoms with Crippen LogP contribution in [0.1, 0.15) is 30.4 Å². The summed E-state index contributed by atoms with van der Waals surface area (Å²) in [6.07, 6.45) is 2.56. The van der Waals surface area contributed by atoms with Gasteiger partial charge in [0.15, 0.2) is 0 Å². The van der Waals surface area contributed by atoms with Crippen LogP contribution in [0.25, 0.3) is 0 Å². The molecule has 0 atom stereocenters. The molecule has 2 aromatic carbocycles. The van der Waals surface area contributed by atoms with Gasteiger partial charge in [-0.25, -0.2) is 13.1 Å². The van der Waals surface area contributed by atoms with Crippen molar-refractivity contribution < 1.29 is 13.2 Å². The number of likely N-dealkylation sites (tertiary alicyclic amines) is 1. The van der Waals surface area contributed by atoms with Crippen LogP contribution in [0.5, 0.6) is 0 Å². The summed E-state index contributed by atoms with van der Waals surface area (Å²) < 4.78 is 28.5. The molecule has 0 saturated carbocycles. The summed E-state index contributed by atoms with van der Waals surface area (Å²) >= 11 is 0. The maximum absolute atomic E-state index is 12.8. The normalized spacial score (nSPS) is 18.5. The predicted molar refractivity (Wildman–Crippen MR) is 108 cm³/mol. The molecule has 2 aliphatic heterocycles. The number of carbonyl (C=O) groups excluding carboxylic acids is 1. The number of carbonyl (C=O) groups is 1. The Morgan fingerprint density at radius 1 is 1.04 bits per heavy atom. The van der Waals surface area contributed by atoms with E-state index in [1.807, 2.05) is 18.2 Å². The number of hydrogen-bond acceptors (Lipinski definition) is 4. The standard InChI is InChI=1S/C21H25N3O3S/c25-21-9-6-17-14-19(7-8-20(17)22-21)28(26,27)23-18-10-12-24(13-11-18)15-16-4-2-1-3-5-16/h1-5,7-8,14,18,23H,6,9-13,15H2,(H,22,25). The lowest BCUT2D eigenvalue weighted by Gasteiger charge is -2.32. The summed E-state index contributed by atoms with van der Waals surface area (Å²) in [6.45, 7) is 2.65. The molecule has 2 heterocycles. The lowest BCUT2D eigenvalue weighted by atomic mass is 10.0. The average molecular weight is 400 g/mol. The summed E-state index contributed by atoms with van der Waals surface area (Å²) in [5.74, 6) is -0.0245. The lowest BCUT2D eigenvalue weighted by Crippen LogP contribution is -2.44. The zero-order valence-corrected chi connectivity index (χ0v) is 16.5. The summed E-state index contributed by atoms with van der Waals surface area (Å²) in [5, 5.41) is 2.78. The number of aryl methyl sites for hydroxylation is 1. The van der Waals surface area contributed by atoms with E-state index < -0.39 is 10.0 Å². The van der Waals surface area contributed by atoms with Gasteiger partial charge in [-0.1, -0.05) is 30.3 Å². The monoisotopic (exact) mass is 399 g/mol. The summed E-state index contributed by atoms with van der Waals surface area (Å²) in [4.78, 5) is 14.1. The zero-order valence-electron chi connectivity index (χ0n) is 15.7. The maximum Gasteiger partial charge on any atom is 0.240 e. The Bertz CT molecular complexity index is 952. The van der Waals surface area contributed by atoms with Gasteiger partial charge >= 0.3 is 0 Å². The van der Waals surface area contributed by atoms with Crippen LogP contribution in [-0.4, -0.2) is 38.4 Å². The van der Waals surface area contributed by atoms with Crippen molar-refractivity contribution in [3.63, 3.8) is 0 Å². The molecule has 2 aromatic rings. The van der Waals surface area contributed by atoms with E-state index >= 15 is 0 Å². The Balaban J connectivity index is 1.36. The van der Waals surface area contributed by atoms with Crippen molar-refractivity contribution in [3.8, 4) is 0 Å². The Morgan fingerprint density at radius 2 is 1.79 bits per heavy atom. The quantitative estimate of drug-likeness (QED) is 0.810. The van der Waals surface area contributed by atoms with Gasteiger partial charge in [0, 0.05) is 37.8 Å². The molecule has 0 bridgehead atoms. The fraction of sp³-hybridized carbons (Fsp3) is 0.381. The SMILES string of the molecule is O=C1CCc2cc(S(=O)(=O)NC3CCN(Cc4ccccc4)CC3)ccc2N1. The number of hydrogen-bond donors (Lipinski definition) is 2. The Hall–Kier alpha value is -2.22. The molecular formula is C21H25N3O3S. The topological polar surface area (TPSA) is 78.5 Å². The Morgan fingerprint density at radius 3 is 2.54 bits per heavy atom. The largest absolute Gasteiger partial charge is 0.326 e. The van der Waals surface area contributed by atoms with Crippen molar-refractivity contribution in [2.24, 2.45) is 0 Å². The minimum atomic E-state index is -3.56. The van der Waals surface area contributed by atoms with Gasteiger partial charge in [-0.3, -0.25) is 9.69 Å². The van der Waals surface area contributed by atoms with Gasteiger partial charge in [0.2, 0.25) is 15.9 Å². The summed E-state index contributed by atoms with van der Waals surface area (Å²) in [6, 6.07) is 15.2. The highest BCUT2D eigenvalue weighted by Gasteiger charge is 2.26. The molecule has 4 rings (SSSR count). The molecule has 0 spiro atoms. The Labute approximate surface area is 166 Å². The van der Waals surface area contributed by atoms with Crippen molar-refractivity contribution in [1.29, 1.82) is 0 Å². The highest BCUT2D eigenvalue weighted by molar-refractivity contribution is 7.89. The predicted octanol–water partition coefficient (Wildman–Crippen LogP) is 2.51. The van der Waals surface area contributed by atoms with Gasteiger partial charge in [0.25, 0.3) is 0 Å². The molecule has 7 heteroatoms. The van der Waals surface area contributed by atoms with Crippen molar-refractivity contribution >= 4 is 21.6 Å². The van der Waals surface area contributed by atoms with Crippen molar-refractivity contribution in [2.45, 2.75) is 43.2 Å². The second-order valence-electron chi connectivity index (χ2n) is 7.52. The highest BCUT2D eigenvalue weighted by atomic mass is 32.2. The summed E-state index contributed by atoms with van der Waals surface area (Å²) in [7, 11) is -3.56. The van der Waals surface area contributed by atoms with Gasteiger partial charge in [0.1, 0.15) is 0 Å². The third-order valence-corrected chi connectivity index (χ3v) is 6.96. The fourth-order valence-electron chi connectivity index (χ4n) is 3.86. The molecule has 0 radical (unpaired) electrons. The van der Waals surface area contributed by atoms with Crippen LogP contribution >= 0.6 is 0 Å². The van der Waals surface area contributed by atoms with E-state index in [-0.39, 0.29) is 16.8 Å². The number of anilines is 1. The zero-order chi connectivity index (χ0) is 19.6. The molecule has 2 N–H and O–H groups in total. The number of nitrogens with one attached hydrogen (secondary N) is 2. The molecule has 0 aromatic heterocycles. The van der Waals surface area contributed by atoms with E-state index in [1.165, 1.54) is 5.56 Å². The van der Waals surface area contributed by atoms with Crippen LogP contribution in [0.15, 0.2) is 53.4 Å². The molecule has 1 amide bonds. The van der Waals surface area contributed by atoms with Crippen LogP contribution in [0.2, 0.25) is 0 Å². The number of fused-ring (bicyclic) bond motifs is 1. The highest BCUT2D eigenvalue weighted by Crippen LogP contribution is 2.26. The number of benzene rings is 2. The maximum atomic E-state index is 12.8. The molecular weight excluding hydrogens is 374 g/mol. The first-order chi connectivity index (χ1) is 13.5. The lowest BCUT2D eigenvalue weighted by molar-refractivity contribution is -0.116. The molecule has 2 aliphatic rings. The van der Waals surface area contributed by atoms with Crippen molar-refractivity contribution in [3.05, 3.63) is 59.7 Å².